The first-order chi connectivity index (χ1) is 12.7. The quantitative estimate of drug-likeness (QED) is 0.749. The Kier molecular flexibility index (Phi) is 6.30. The number of amides is 1. The summed E-state index contributed by atoms with van der Waals surface area (Å²) in [5.41, 5.74) is 0.942. The third-order valence-electron chi connectivity index (χ3n) is 4.30. The number of rotatable bonds is 6. The number of methoxy groups -OCH3 is 1. The Bertz CT molecular complexity index is 841. The van der Waals surface area contributed by atoms with Crippen LogP contribution in [-0.2, 0) is 23.8 Å². The van der Waals surface area contributed by atoms with E-state index in [1.54, 1.807) is 6.92 Å². The molecule has 2 N–H and O–H groups in total. The molecule has 2 aromatic rings. The summed E-state index contributed by atoms with van der Waals surface area (Å²) in [5, 5.41) is 2.60. The molecule has 0 saturated heterocycles. The van der Waals surface area contributed by atoms with Crippen LogP contribution in [0.5, 0.6) is 0 Å². The van der Waals surface area contributed by atoms with Crippen LogP contribution in [0, 0.1) is 6.92 Å². The van der Waals surface area contributed by atoms with Gasteiger partial charge in [-0.25, -0.2) is 4.79 Å². The highest BCUT2D eigenvalue weighted by Gasteiger charge is 2.32. The molecule has 0 bridgehead atoms. The van der Waals surface area contributed by atoms with Gasteiger partial charge in [0.2, 0.25) is 0 Å². The molecular weight excluding hydrogens is 361 g/mol. The maximum atomic E-state index is 13.0. The molecule has 0 saturated carbocycles. The predicted molar refractivity (Wildman–Crippen MR) is 93.7 cm³/mol. The van der Waals surface area contributed by atoms with E-state index in [0.717, 1.165) is 6.07 Å². The monoisotopic (exact) mass is 382 g/mol. The Morgan fingerprint density at radius 3 is 2.48 bits per heavy atom. The van der Waals surface area contributed by atoms with E-state index in [-0.39, 0.29) is 24.2 Å². The minimum Gasteiger partial charge on any atom is -0.465 e. The fourth-order valence-corrected chi connectivity index (χ4v) is 2.94. The second-order valence-electron chi connectivity index (χ2n) is 5.98. The maximum Gasteiger partial charge on any atom is 0.416 e. The van der Waals surface area contributed by atoms with Gasteiger partial charge >= 0.3 is 12.1 Å². The molecule has 2 rings (SSSR count). The van der Waals surface area contributed by atoms with Crippen molar-refractivity contribution >= 4 is 11.9 Å². The zero-order chi connectivity index (χ0) is 20.2. The van der Waals surface area contributed by atoms with Crippen molar-refractivity contribution in [3.63, 3.8) is 0 Å². The lowest BCUT2D eigenvalue weighted by molar-refractivity contribution is -0.138. The predicted octanol–water partition coefficient (Wildman–Crippen LogP) is 3.66. The number of nitrogens with one attached hydrogen (secondary N) is 2. The number of ether oxygens (including phenoxy) is 1. The van der Waals surface area contributed by atoms with Crippen LogP contribution >= 0.6 is 0 Å². The fourth-order valence-electron chi connectivity index (χ4n) is 2.94. The van der Waals surface area contributed by atoms with E-state index in [2.05, 4.69) is 10.3 Å². The van der Waals surface area contributed by atoms with Crippen LogP contribution in [-0.4, -0.2) is 30.5 Å². The van der Waals surface area contributed by atoms with Gasteiger partial charge < -0.3 is 15.0 Å². The summed E-state index contributed by atoms with van der Waals surface area (Å²) >= 11 is 0. The van der Waals surface area contributed by atoms with E-state index in [4.69, 9.17) is 4.74 Å². The van der Waals surface area contributed by atoms with Gasteiger partial charge in [0, 0.05) is 12.2 Å². The topological polar surface area (TPSA) is 71.2 Å². The van der Waals surface area contributed by atoms with Gasteiger partial charge in [0.05, 0.1) is 18.2 Å². The van der Waals surface area contributed by atoms with Crippen LogP contribution in [0.3, 0.4) is 0 Å². The number of hydrogen-bond acceptors (Lipinski definition) is 3. The maximum absolute atomic E-state index is 13.0. The largest absolute Gasteiger partial charge is 0.465 e. The number of benzene rings is 1. The summed E-state index contributed by atoms with van der Waals surface area (Å²) in [6.07, 6.45) is -3.91. The lowest BCUT2D eigenvalue weighted by Crippen LogP contribution is -2.27. The van der Waals surface area contributed by atoms with Crippen molar-refractivity contribution < 1.29 is 27.5 Å². The van der Waals surface area contributed by atoms with Crippen molar-refractivity contribution in [1.82, 2.24) is 10.3 Å². The van der Waals surface area contributed by atoms with Crippen molar-refractivity contribution in [2.24, 2.45) is 0 Å². The smallest absolute Gasteiger partial charge is 0.416 e. The van der Waals surface area contributed by atoms with Gasteiger partial charge in [-0.05, 0) is 37.0 Å². The number of aromatic nitrogens is 1. The Labute approximate surface area is 154 Å². The van der Waals surface area contributed by atoms with E-state index in [9.17, 15) is 22.8 Å². The zero-order valence-electron chi connectivity index (χ0n) is 15.3. The van der Waals surface area contributed by atoms with Crippen LogP contribution < -0.4 is 5.32 Å². The normalized spacial score (nSPS) is 11.3. The van der Waals surface area contributed by atoms with Crippen molar-refractivity contribution in [3.8, 4) is 0 Å². The van der Waals surface area contributed by atoms with Crippen molar-refractivity contribution in [2.75, 3.05) is 13.7 Å². The zero-order valence-corrected chi connectivity index (χ0v) is 15.3. The van der Waals surface area contributed by atoms with Crippen LogP contribution in [0.2, 0.25) is 0 Å². The van der Waals surface area contributed by atoms with Crippen LogP contribution in [0.1, 0.15) is 50.2 Å². The minimum absolute atomic E-state index is 0.0272. The number of H-pyrrole nitrogens is 1. The SMILES string of the molecule is CCc1[nH]c(C(=O)NCCc2ccccc2C(F)(F)F)c(C)c1C(=O)OC. The van der Waals surface area contributed by atoms with Gasteiger partial charge in [0.15, 0.2) is 0 Å². The van der Waals surface area contributed by atoms with E-state index in [0.29, 0.717) is 23.2 Å². The van der Waals surface area contributed by atoms with Crippen molar-refractivity contribution in [2.45, 2.75) is 32.9 Å². The minimum atomic E-state index is -4.44. The van der Waals surface area contributed by atoms with E-state index in [1.807, 2.05) is 6.92 Å². The summed E-state index contributed by atoms with van der Waals surface area (Å²) in [5.74, 6) is -1.03. The molecule has 0 unspecified atom stereocenters. The number of alkyl halides is 3. The van der Waals surface area contributed by atoms with E-state index < -0.39 is 23.6 Å². The first-order valence-electron chi connectivity index (χ1n) is 8.43. The Morgan fingerprint density at radius 2 is 1.89 bits per heavy atom. The molecule has 27 heavy (non-hydrogen) atoms. The number of esters is 1. The molecule has 0 aliphatic heterocycles. The van der Waals surface area contributed by atoms with Gasteiger partial charge in [-0.2, -0.15) is 13.2 Å². The molecule has 0 atom stereocenters. The highest BCUT2D eigenvalue weighted by molar-refractivity contribution is 6.00. The second-order valence-corrected chi connectivity index (χ2v) is 5.98. The molecule has 0 spiro atoms. The molecule has 1 heterocycles. The molecule has 1 amide bonds. The average Bonchev–Trinajstić information content (AvgIpc) is 2.97. The average molecular weight is 382 g/mol. The third-order valence-corrected chi connectivity index (χ3v) is 4.30. The summed E-state index contributed by atoms with van der Waals surface area (Å²) in [4.78, 5) is 27.2. The third kappa shape index (κ3) is 4.50. The first kappa shape index (κ1) is 20.5. The number of halogens is 3. The highest BCUT2D eigenvalue weighted by Crippen LogP contribution is 2.31. The molecule has 146 valence electrons. The van der Waals surface area contributed by atoms with Gasteiger partial charge in [-0.3, -0.25) is 4.79 Å². The molecule has 0 radical (unpaired) electrons. The van der Waals surface area contributed by atoms with Gasteiger partial charge in [-0.1, -0.05) is 25.1 Å². The number of aryl methyl sites for hydroxylation is 1. The van der Waals surface area contributed by atoms with Gasteiger partial charge in [0.1, 0.15) is 5.69 Å². The van der Waals surface area contributed by atoms with Crippen LogP contribution in [0.15, 0.2) is 24.3 Å². The van der Waals surface area contributed by atoms with Crippen molar-refractivity contribution in [1.29, 1.82) is 0 Å². The van der Waals surface area contributed by atoms with E-state index >= 15 is 0 Å². The fraction of sp³-hybridized carbons (Fsp3) is 0.368. The van der Waals surface area contributed by atoms with Crippen LogP contribution in [0.4, 0.5) is 13.2 Å². The second kappa shape index (κ2) is 8.28. The van der Waals surface area contributed by atoms with Gasteiger partial charge in [0.25, 0.3) is 5.91 Å². The lowest BCUT2D eigenvalue weighted by Gasteiger charge is -2.12. The molecular formula is C19H21F3N2O3. The first-order valence-corrected chi connectivity index (χ1v) is 8.43. The summed E-state index contributed by atoms with van der Waals surface area (Å²) < 4.78 is 43.8. The van der Waals surface area contributed by atoms with Crippen LogP contribution in [0.25, 0.3) is 0 Å². The van der Waals surface area contributed by atoms with Crippen molar-refractivity contribution in [3.05, 3.63) is 57.9 Å². The molecule has 1 aromatic heterocycles. The number of carbonyl (C=O) groups is 2. The molecule has 5 nitrogen and oxygen atoms in total. The number of carbonyl (C=O) groups excluding carboxylic acids is 2. The molecule has 1 aromatic carbocycles. The highest BCUT2D eigenvalue weighted by atomic mass is 19.4. The Morgan fingerprint density at radius 1 is 1.22 bits per heavy atom. The Balaban J connectivity index is 2.12. The molecule has 8 heteroatoms. The Hall–Kier alpha value is -2.77. The van der Waals surface area contributed by atoms with Gasteiger partial charge in [-0.15, -0.1) is 0 Å². The van der Waals surface area contributed by atoms with E-state index in [1.165, 1.54) is 25.3 Å². The summed E-state index contributed by atoms with van der Waals surface area (Å²) in [6, 6.07) is 5.26. The summed E-state index contributed by atoms with van der Waals surface area (Å²) in [7, 11) is 1.26. The lowest BCUT2D eigenvalue weighted by atomic mass is 10.0. The number of hydrogen-bond donors (Lipinski definition) is 2. The number of aromatic amines is 1. The molecule has 0 aliphatic carbocycles. The molecule has 0 aliphatic rings. The summed E-state index contributed by atoms with van der Waals surface area (Å²) in [6.45, 7) is 3.47. The molecule has 0 fully saturated rings. The standard InChI is InChI=1S/C19H21F3N2O3/c1-4-14-15(18(26)27-3)11(2)16(24-14)17(25)23-10-9-12-7-5-6-8-13(12)19(20,21)22/h5-8,24H,4,9-10H2,1-3H3,(H,23,25).